The van der Waals surface area contributed by atoms with Crippen LogP contribution in [0.4, 0.5) is 0 Å². The van der Waals surface area contributed by atoms with Crippen LogP contribution < -0.4 is 5.32 Å². The highest BCUT2D eigenvalue weighted by Crippen LogP contribution is 2.20. The number of hydrogen-bond acceptors (Lipinski definition) is 5. The molecule has 0 amide bonds. The number of nitrogens with one attached hydrogen (secondary N) is 1. The van der Waals surface area contributed by atoms with Gasteiger partial charge in [0.25, 0.3) is 5.89 Å². The van der Waals surface area contributed by atoms with E-state index < -0.39 is 0 Å². The fraction of sp³-hybridized carbons (Fsp3) is 0.312. The molecule has 2 aromatic heterocycles. The molecule has 0 saturated heterocycles. The fourth-order valence-corrected chi connectivity index (χ4v) is 2.18. The normalized spacial score (nSPS) is 11.1. The first-order valence-corrected chi connectivity index (χ1v) is 7.26. The van der Waals surface area contributed by atoms with Gasteiger partial charge in [0.15, 0.2) is 0 Å². The first-order valence-electron chi connectivity index (χ1n) is 7.26. The number of aromatic nitrogens is 3. The molecular weight excluding hydrogens is 264 g/mol. The van der Waals surface area contributed by atoms with Crippen LogP contribution in [0.25, 0.3) is 22.5 Å². The van der Waals surface area contributed by atoms with E-state index in [0.717, 1.165) is 42.5 Å². The lowest BCUT2D eigenvalue weighted by atomic mass is 10.2. The minimum atomic E-state index is 0.485. The van der Waals surface area contributed by atoms with Gasteiger partial charge < -0.3 is 9.73 Å². The van der Waals surface area contributed by atoms with Gasteiger partial charge in [0, 0.05) is 11.8 Å². The summed E-state index contributed by atoms with van der Waals surface area (Å²) in [7, 11) is 0. The van der Waals surface area contributed by atoms with E-state index in [1.165, 1.54) is 0 Å². The van der Waals surface area contributed by atoms with E-state index in [1.807, 2.05) is 36.4 Å². The summed E-state index contributed by atoms with van der Waals surface area (Å²) in [6, 6.07) is 11.9. The molecule has 3 aromatic rings. The Morgan fingerprint density at radius 3 is 2.90 bits per heavy atom. The number of aryl methyl sites for hydroxylation is 1. The molecule has 2 heterocycles. The summed E-state index contributed by atoms with van der Waals surface area (Å²) >= 11 is 0. The van der Waals surface area contributed by atoms with Crippen LogP contribution in [-0.2, 0) is 6.42 Å². The van der Waals surface area contributed by atoms with Gasteiger partial charge in [-0.15, -0.1) is 10.2 Å². The Morgan fingerprint density at radius 1 is 1.10 bits per heavy atom. The number of fused-ring (bicyclic) bond motifs is 1. The molecule has 0 saturated carbocycles. The largest absolute Gasteiger partial charge is 0.419 e. The van der Waals surface area contributed by atoms with E-state index in [-0.39, 0.29) is 0 Å². The number of para-hydroxylation sites is 1. The Morgan fingerprint density at radius 2 is 2.00 bits per heavy atom. The van der Waals surface area contributed by atoms with E-state index in [2.05, 4.69) is 27.4 Å². The van der Waals surface area contributed by atoms with Gasteiger partial charge in [-0.3, -0.25) is 0 Å². The minimum absolute atomic E-state index is 0.485. The second-order valence-corrected chi connectivity index (χ2v) is 4.85. The SMILES string of the molecule is CCNCCCc1nnc(-c2ccc3ccccc3n2)o1. The lowest BCUT2D eigenvalue weighted by Crippen LogP contribution is -2.14. The van der Waals surface area contributed by atoms with Gasteiger partial charge in [-0.1, -0.05) is 31.2 Å². The van der Waals surface area contributed by atoms with Crippen LogP contribution in [0.5, 0.6) is 0 Å². The molecule has 0 atom stereocenters. The molecular formula is C16H18N4O. The highest BCUT2D eigenvalue weighted by Gasteiger charge is 2.10. The second kappa shape index (κ2) is 6.45. The van der Waals surface area contributed by atoms with Crippen molar-refractivity contribution in [3.05, 3.63) is 42.3 Å². The number of hydrogen-bond donors (Lipinski definition) is 1. The maximum absolute atomic E-state index is 5.69. The zero-order valence-electron chi connectivity index (χ0n) is 12.0. The third-order valence-corrected chi connectivity index (χ3v) is 3.28. The zero-order valence-corrected chi connectivity index (χ0v) is 12.0. The summed E-state index contributed by atoms with van der Waals surface area (Å²) in [5.74, 6) is 1.15. The first-order chi connectivity index (χ1) is 10.4. The molecule has 0 aliphatic heterocycles. The minimum Gasteiger partial charge on any atom is -0.419 e. The average molecular weight is 282 g/mol. The predicted molar refractivity (Wildman–Crippen MR) is 81.9 cm³/mol. The molecule has 1 aromatic carbocycles. The van der Waals surface area contributed by atoms with Gasteiger partial charge in [0.1, 0.15) is 5.69 Å². The van der Waals surface area contributed by atoms with Gasteiger partial charge in [0.05, 0.1) is 5.52 Å². The van der Waals surface area contributed by atoms with Crippen molar-refractivity contribution in [3.63, 3.8) is 0 Å². The van der Waals surface area contributed by atoms with Crippen molar-refractivity contribution < 1.29 is 4.42 Å². The molecule has 0 bridgehead atoms. The molecule has 1 N–H and O–H groups in total. The van der Waals surface area contributed by atoms with Crippen LogP contribution in [0, 0.1) is 0 Å². The molecule has 0 radical (unpaired) electrons. The number of rotatable bonds is 6. The van der Waals surface area contributed by atoms with Crippen LogP contribution in [0.15, 0.2) is 40.8 Å². The molecule has 5 nitrogen and oxygen atoms in total. The standard InChI is InChI=1S/C16H18N4O/c1-2-17-11-5-8-15-19-20-16(21-15)14-10-9-12-6-3-4-7-13(12)18-14/h3-4,6-7,9-10,17H,2,5,8,11H2,1H3. The molecule has 3 rings (SSSR count). The average Bonchev–Trinajstić information content (AvgIpc) is 3.00. The Balaban J connectivity index is 1.75. The van der Waals surface area contributed by atoms with E-state index in [0.29, 0.717) is 11.8 Å². The topological polar surface area (TPSA) is 63.8 Å². The molecule has 0 fully saturated rings. The molecule has 21 heavy (non-hydrogen) atoms. The summed E-state index contributed by atoms with van der Waals surface area (Å²) < 4.78 is 5.69. The van der Waals surface area contributed by atoms with Gasteiger partial charge >= 0.3 is 0 Å². The number of nitrogens with zero attached hydrogens (tertiary/aromatic N) is 3. The van der Waals surface area contributed by atoms with Crippen molar-refractivity contribution in [2.75, 3.05) is 13.1 Å². The fourth-order valence-electron chi connectivity index (χ4n) is 2.18. The van der Waals surface area contributed by atoms with E-state index in [1.54, 1.807) is 0 Å². The monoisotopic (exact) mass is 282 g/mol. The predicted octanol–water partition coefficient (Wildman–Crippen LogP) is 2.83. The Labute approximate surface area is 123 Å². The molecule has 5 heteroatoms. The quantitative estimate of drug-likeness (QED) is 0.704. The van der Waals surface area contributed by atoms with Crippen LogP contribution in [0.3, 0.4) is 0 Å². The number of benzene rings is 1. The van der Waals surface area contributed by atoms with Gasteiger partial charge in [0.2, 0.25) is 5.89 Å². The van der Waals surface area contributed by atoms with Crippen molar-refractivity contribution in [3.8, 4) is 11.6 Å². The summed E-state index contributed by atoms with van der Waals surface area (Å²) in [4.78, 5) is 4.56. The summed E-state index contributed by atoms with van der Waals surface area (Å²) in [5.41, 5.74) is 1.65. The van der Waals surface area contributed by atoms with Crippen LogP contribution in [0.1, 0.15) is 19.2 Å². The van der Waals surface area contributed by atoms with Gasteiger partial charge in [-0.2, -0.15) is 0 Å². The Hall–Kier alpha value is -2.27. The van der Waals surface area contributed by atoms with Crippen LogP contribution in [0.2, 0.25) is 0 Å². The van der Waals surface area contributed by atoms with Crippen molar-refractivity contribution in [1.29, 1.82) is 0 Å². The lowest BCUT2D eigenvalue weighted by Gasteiger charge is -1.99. The second-order valence-electron chi connectivity index (χ2n) is 4.85. The van der Waals surface area contributed by atoms with E-state index in [4.69, 9.17) is 4.42 Å². The highest BCUT2D eigenvalue weighted by atomic mass is 16.4. The van der Waals surface area contributed by atoms with Crippen molar-refractivity contribution in [2.24, 2.45) is 0 Å². The third kappa shape index (κ3) is 3.25. The highest BCUT2D eigenvalue weighted by molar-refractivity contribution is 5.80. The lowest BCUT2D eigenvalue weighted by molar-refractivity contribution is 0.491. The number of pyridine rings is 1. The van der Waals surface area contributed by atoms with E-state index in [9.17, 15) is 0 Å². The summed E-state index contributed by atoms with van der Waals surface area (Å²) in [5, 5.41) is 12.6. The van der Waals surface area contributed by atoms with E-state index >= 15 is 0 Å². The van der Waals surface area contributed by atoms with Crippen molar-refractivity contribution in [2.45, 2.75) is 19.8 Å². The molecule has 0 aliphatic rings. The summed E-state index contributed by atoms with van der Waals surface area (Å²) in [6.07, 6.45) is 1.77. The van der Waals surface area contributed by atoms with Crippen molar-refractivity contribution >= 4 is 10.9 Å². The Kier molecular flexibility index (Phi) is 4.21. The zero-order chi connectivity index (χ0) is 14.5. The Bertz CT molecular complexity index is 723. The summed E-state index contributed by atoms with van der Waals surface area (Å²) in [6.45, 7) is 4.04. The van der Waals surface area contributed by atoms with Gasteiger partial charge in [-0.05, 0) is 31.6 Å². The van der Waals surface area contributed by atoms with Crippen LogP contribution in [-0.4, -0.2) is 28.3 Å². The molecule has 0 unspecified atom stereocenters. The van der Waals surface area contributed by atoms with Crippen molar-refractivity contribution in [1.82, 2.24) is 20.5 Å². The maximum atomic E-state index is 5.69. The molecule has 0 spiro atoms. The third-order valence-electron chi connectivity index (χ3n) is 3.28. The maximum Gasteiger partial charge on any atom is 0.266 e. The molecule has 0 aliphatic carbocycles. The van der Waals surface area contributed by atoms with Gasteiger partial charge in [-0.25, -0.2) is 4.98 Å². The first kappa shape index (κ1) is 13.7. The molecule has 108 valence electrons. The van der Waals surface area contributed by atoms with Crippen LogP contribution >= 0.6 is 0 Å². The smallest absolute Gasteiger partial charge is 0.266 e.